The van der Waals surface area contributed by atoms with E-state index in [-0.39, 0.29) is 18.0 Å². The Morgan fingerprint density at radius 3 is 2.39 bits per heavy atom. The van der Waals surface area contributed by atoms with Gasteiger partial charge in [0.2, 0.25) is 0 Å². The molecule has 0 spiro atoms. The molecule has 0 aliphatic rings. The number of nitro benzene ring substituents is 1. The second-order valence-electron chi connectivity index (χ2n) is 5.75. The summed E-state index contributed by atoms with van der Waals surface area (Å²) in [4.78, 5) is 33.8. The predicted octanol–water partition coefficient (Wildman–Crippen LogP) is 2.55. The molecule has 0 saturated heterocycles. The lowest BCUT2D eigenvalue weighted by atomic mass is 10.2. The van der Waals surface area contributed by atoms with Crippen molar-refractivity contribution in [2.45, 2.75) is 20.0 Å². The van der Waals surface area contributed by atoms with Crippen LogP contribution >= 0.6 is 11.6 Å². The number of non-ortho nitro benzene ring substituents is 1. The Balaban J connectivity index is 1.76. The van der Waals surface area contributed by atoms with Gasteiger partial charge >= 0.3 is 0 Å². The van der Waals surface area contributed by atoms with Crippen LogP contribution in [0.3, 0.4) is 0 Å². The van der Waals surface area contributed by atoms with Gasteiger partial charge in [-0.15, -0.1) is 0 Å². The molecule has 9 nitrogen and oxygen atoms in total. The highest BCUT2D eigenvalue weighted by Crippen LogP contribution is 2.21. The fourth-order valence-corrected chi connectivity index (χ4v) is 2.15. The molecule has 2 amide bonds. The normalized spacial score (nSPS) is 11.2. The summed E-state index contributed by atoms with van der Waals surface area (Å²) < 4.78 is 10.7. The smallest absolute Gasteiger partial charge is 0.279 e. The summed E-state index contributed by atoms with van der Waals surface area (Å²) in [6.45, 7) is 2.97. The molecule has 10 heteroatoms. The fourth-order valence-electron chi connectivity index (χ4n) is 2.03. The Morgan fingerprint density at radius 2 is 1.79 bits per heavy atom. The molecule has 1 unspecified atom stereocenters. The number of rotatable bonds is 7. The van der Waals surface area contributed by atoms with E-state index < -0.39 is 22.8 Å². The van der Waals surface area contributed by atoms with Gasteiger partial charge in [-0.25, -0.2) is 0 Å². The van der Waals surface area contributed by atoms with E-state index in [0.29, 0.717) is 10.8 Å². The molecule has 0 saturated carbocycles. The topological polar surface area (TPSA) is 120 Å². The minimum atomic E-state index is -0.943. The summed E-state index contributed by atoms with van der Waals surface area (Å²) in [6.07, 6.45) is -0.943. The first-order chi connectivity index (χ1) is 13.3. The van der Waals surface area contributed by atoms with E-state index in [0.717, 1.165) is 5.56 Å². The van der Waals surface area contributed by atoms with Crippen molar-refractivity contribution in [1.29, 1.82) is 0 Å². The number of benzene rings is 2. The number of nitro groups is 1. The molecule has 0 aliphatic heterocycles. The largest absolute Gasteiger partial charge is 0.484 e. The van der Waals surface area contributed by atoms with Gasteiger partial charge in [-0.1, -0.05) is 11.6 Å². The highest BCUT2D eigenvalue weighted by atomic mass is 35.5. The zero-order valence-electron chi connectivity index (χ0n) is 15.1. The molecule has 2 aromatic rings. The van der Waals surface area contributed by atoms with Gasteiger partial charge in [0.15, 0.2) is 12.7 Å². The molecule has 0 bridgehead atoms. The van der Waals surface area contributed by atoms with E-state index in [4.69, 9.17) is 21.1 Å². The van der Waals surface area contributed by atoms with Gasteiger partial charge in [-0.05, 0) is 49.7 Å². The predicted molar refractivity (Wildman–Crippen MR) is 101 cm³/mol. The highest BCUT2D eigenvalue weighted by molar-refractivity contribution is 6.31. The van der Waals surface area contributed by atoms with Crippen molar-refractivity contribution in [3.05, 3.63) is 63.2 Å². The third kappa shape index (κ3) is 6.13. The Morgan fingerprint density at radius 1 is 1.14 bits per heavy atom. The molecule has 0 fully saturated rings. The van der Waals surface area contributed by atoms with Crippen LogP contribution < -0.4 is 20.3 Å². The SMILES string of the molecule is Cc1cc(OCC(=O)NNC(=O)C(C)Oc2ccc([N+](=O)[O-])cc2)ccc1Cl. The average Bonchev–Trinajstić information content (AvgIpc) is 2.67. The Hall–Kier alpha value is -3.33. The molecular weight excluding hydrogens is 390 g/mol. The summed E-state index contributed by atoms with van der Waals surface area (Å²) in [5, 5.41) is 11.2. The number of hydrogen-bond donors (Lipinski definition) is 2. The quantitative estimate of drug-likeness (QED) is 0.537. The molecule has 0 radical (unpaired) electrons. The summed E-state index contributed by atoms with van der Waals surface area (Å²) >= 11 is 5.91. The molecule has 2 rings (SSSR count). The first-order valence-electron chi connectivity index (χ1n) is 8.15. The van der Waals surface area contributed by atoms with Crippen LogP contribution in [0.15, 0.2) is 42.5 Å². The van der Waals surface area contributed by atoms with Gasteiger partial charge in [-0.3, -0.25) is 30.6 Å². The Bertz CT molecular complexity index is 872. The maximum Gasteiger partial charge on any atom is 0.279 e. The van der Waals surface area contributed by atoms with Crippen molar-refractivity contribution in [1.82, 2.24) is 10.9 Å². The molecule has 2 N–H and O–H groups in total. The monoisotopic (exact) mass is 407 g/mol. The first-order valence-corrected chi connectivity index (χ1v) is 8.53. The first kappa shape index (κ1) is 21.0. The van der Waals surface area contributed by atoms with E-state index in [1.165, 1.54) is 31.2 Å². The second-order valence-corrected chi connectivity index (χ2v) is 6.16. The van der Waals surface area contributed by atoms with Crippen LogP contribution in [0.2, 0.25) is 5.02 Å². The maximum atomic E-state index is 12.0. The lowest BCUT2D eigenvalue weighted by molar-refractivity contribution is -0.384. The summed E-state index contributed by atoms with van der Waals surface area (Å²) in [6, 6.07) is 10.2. The van der Waals surface area contributed by atoms with Gasteiger partial charge in [-0.2, -0.15) is 0 Å². The number of nitrogens with one attached hydrogen (secondary N) is 2. The summed E-state index contributed by atoms with van der Waals surface area (Å²) in [7, 11) is 0. The van der Waals surface area contributed by atoms with E-state index in [2.05, 4.69) is 10.9 Å². The minimum Gasteiger partial charge on any atom is -0.484 e. The highest BCUT2D eigenvalue weighted by Gasteiger charge is 2.16. The third-order valence-corrected chi connectivity index (χ3v) is 3.98. The van der Waals surface area contributed by atoms with Crippen molar-refractivity contribution in [3.63, 3.8) is 0 Å². The van der Waals surface area contributed by atoms with Crippen LogP contribution in [0, 0.1) is 17.0 Å². The molecule has 0 heterocycles. The van der Waals surface area contributed by atoms with Crippen LogP contribution in [0.1, 0.15) is 12.5 Å². The number of hydrogen-bond acceptors (Lipinski definition) is 6. The van der Waals surface area contributed by atoms with Gasteiger partial charge in [0.1, 0.15) is 11.5 Å². The number of carbonyl (C=O) groups excluding carboxylic acids is 2. The van der Waals surface area contributed by atoms with Crippen LogP contribution in [-0.2, 0) is 9.59 Å². The molecule has 148 valence electrons. The molecule has 28 heavy (non-hydrogen) atoms. The van der Waals surface area contributed by atoms with E-state index in [9.17, 15) is 19.7 Å². The number of hydrazine groups is 1. The van der Waals surface area contributed by atoms with Gasteiger partial charge in [0.05, 0.1) is 4.92 Å². The Labute approximate surface area is 165 Å². The summed E-state index contributed by atoms with van der Waals surface area (Å²) in [5.74, 6) is -0.420. The molecule has 1 atom stereocenters. The molecule has 2 aromatic carbocycles. The zero-order chi connectivity index (χ0) is 20.7. The van der Waals surface area contributed by atoms with Crippen molar-refractivity contribution >= 4 is 29.1 Å². The number of nitrogens with zero attached hydrogens (tertiary/aromatic N) is 1. The van der Waals surface area contributed by atoms with Crippen molar-refractivity contribution in [2.24, 2.45) is 0 Å². The number of amides is 2. The molecule has 0 aromatic heterocycles. The lowest BCUT2D eigenvalue weighted by Gasteiger charge is -2.15. The summed E-state index contributed by atoms with van der Waals surface area (Å²) in [5.41, 5.74) is 5.15. The number of ether oxygens (including phenoxy) is 2. The average molecular weight is 408 g/mol. The zero-order valence-corrected chi connectivity index (χ0v) is 15.9. The van der Waals surface area contributed by atoms with Crippen molar-refractivity contribution < 1.29 is 24.0 Å². The van der Waals surface area contributed by atoms with E-state index in [1.807, 2.05) is 6.92 Å². The number of carbonyl (C=O) groups is 2. The van der Waals surface area contributed by atoms with Crippen molar-refractivity contribution in [2.75, 3.05) is 6.61 Å². The minimum absolute atomic E-state index is 0.0902. The molecular formula is C18H18ClN3O6. The Kier molecular flexibility index (Phi) is 7.16. The fraction of sp³-hybridized carbons (Fsp3) is 0.222. The van der Waals surface area contributed by atoms with E-state index >= 15 is 0 Å². The van der Waals surface area contributed by atoms with Crippen LogP contribution in [-0.4, -0.2) is 29.4 Å². The standard InChI is InChI=1S/C18H18ClN3O6/c1-11-9-15(7-8-16(11)19)27-10-17(23)20-21-18(24)12(2)28-14-5-3-13(4-6-14)22(25)26/h3-9,12H,10H2,1-2H3,(H,20,23)(H,21,24). The van der Waals surface area contributed by atoms with Crippen LogP contribution in [0.5, 0.6) is 11.5 Å². The maximum absolute atomic E-state index is 12.0. The second kappa shape index (κ2) is 9.56. The van der Waals surface area contributed by atoms with E-state index in [1.54, 1.807) is 18.2 Å². The molecule has 0 aliphatic carbocycles. The van der Waals surface area contributed by atoms with Gasteiger partial charge in [0.25, 0.3) is 17.5 Å². The van der Waals surface area contributed by atoms with Crippen molar-refractivity contribution in [3.8, 4) is 11.5 Å². The number of halogens is 1. The van der Waals surface area contributed by atoms with Gasteiger partial charge in [0, 0.05) is 17.2 Å². The van der Waals surface area contributed by atoms with Crippen LogP contribution in [0.4, 0.5) is 5.69 Å². The van der Waals surface area contributed by atoms with Gasteiger partial charge < -0.3 is 9.47 Å². The lowest BCUT2D eigenvalue weighted by Crippen LogP contribution is -2.48. The number of aryl methyl sites for hydroxylation is 1. The third-order valence-electron chi connectivity index (χ3n) is 3.55. The van der Waals surface area contributed by atoms with Crippen LogP contribution in [0.25, 0.3) is 0 Å².